The minimum absolute atomic E-state index is 0.0299. The SMILES string of the molecule is CC[N+](CC)(CC)c1ccc(/C=C2\C3CCC(C)(C2O)C3(C)C)cc1. The summed E-state index contributed by atoms with van der Waals surface area (Å²) >= 11 is 0. The number of hydrogen-bond donors (Lipinski definition) is 1. The van der Waals surface area contributed by atoms with E-state index in [4.69, 9.17) is 0 Å². The van der Waals surface area contributed by atoms with Gasteiger partial charge in [-0.25, -0.2) is 0 Å². The number of hydrogen-bond acceptors (Lipinski definition) is 1. The maximum absolute atomic E-state index is 11.0. The predicted octanol–water partition coefficient (Wildman–Crippen LogP) is 5.25. The molecule has 3 unspecified atom stereocenters. The van der Waals surface area contributed by atoms with Crippen molar-refractivity contribution in [3.63, 3.8) is 0 Å². The van der Waals surface area contributed by atoms with Crippen LogP contribution in [0.25, 0.3) is 6.08 Å². The van der Waals surface area contributed by atoms with E-state index >= 15 is 0 Å². The number of nitrogens with zero attached hydrogens (tertiary/aromatic N) is 1. The number of fused-ring (bicyclic) bond motifs is 2. The van der Waals surface area contributed by atoms with Gasteiger partial charge in [-0.2, -0.15) is 0 Å². The summed E-state index contributed by atoms with van der Waals surface area (Å²) in [6.45, 7) is 17.2. The molecule has 2 fully saturated rings. The van der Waals surface area contributed by atoms with Gasteiger partial charge in [0.2, 0.25) is 0 Å². The zero-order valence-corrected chi connectivity index (χ0v) is 17.0. The molecule has 3 rings (SSSR count). The van der Waals surface area contributed by atoms with Gasteiger partial charge < -0.3 is 5.11 Å². The van der Waals surface area contributed by atoms with Crippen molar-refractivity contribution in [2.75, 3.05) is 19.6 Å². The Hall–Kier alpha value is -1.12. The van der Waals surface area contributed by atoms with Gasteiger partial charge in [0.15, 0.2) is 0 Å². The molecule has 25 heavy (non-hydrogen) atoms. The standard InChI is InChI=1S/C23H36NO/c1-7-24(8-2,9-3)18-12-10-17(11-13-18)16-19-20-14-15-23(6,21(19)25)22(20,4)5/h10-13,16,20-21,25H,7-9,14-15H2,1-6H3/q+1/b19-16+. The fraction of sp³-hybridized carbons (Fsp3) is 0.652. The molecule has 2 aliphatic rings. The smallest absolute Gasteiger partial charge is 0.132 e. The Balaban J connectivity index is 1.91. The van der Waals surface area contributed by atoms with Crippen LogP contribution in [0.5, 0.6) is 0 Å². The predicted molar refractivity (Wildman–Crippen MR) is 108 cm³/mol. The van der Waals surface area contributed by atoms with Gasteiger partial charge >= 0.3 is 0 Å². The van der Waals surface area contributed by atoms with E-state index in [0.717, 1.165) is 30.5 Å². The van der Waals surface area contributed by atoms with Crippen molar-refractivity contribution in [2.45, 2.75) is 60.5 Å². The number of aliphatic hydroxyl groups is 1. The third-order valence-electron chi connectivity index (χ3n) is 8.21. The minimum atomic E-state index is -0.294. The van der Waals surface area contributed by atoms with E-state index in [-0.39, 0.29) is 16.9 Å². The maximum Gasteiger partial charge on any atom is 0.132 e. The summed E-state index contributed by atoms with van der Waals surface area (Å²) in [6, 6.07) is 9.05. The van der Waals surface area contributed by atoms with Crippen molar-refractivity contribution >= 4 is 11.8 Å². The van der Waals surface area contributed by atoms with Crippen LogP contribution in [0, 0.1) is 16.7 Å². The highest BCUT2D eigenvalue weighted by molar-refractivity contribution is 5.60. The van der Waals surface area contributed by atoms with Crippen molar-refractivity contribution in [1.29, 1.82) is 0 Å². The second-order valence-corrected chi connectivity index (χ2v) is 8.96. The van der Waals surface area contributed by atoms with Gasteiger partial charge in [-0.05, 0) is 80.3 Å². The summed E-state index contributed by atoms with van der Waals surface area (Å²) in [6.07, 6.45) is 4.33. The molecule has 1 N–H and O–H groups in total. The van der Waals surface area contributed by atoms with Gasteiger partial charge in [0, 0.05) is 5.41 Å². The van der Waals surface area contributed by atoms with Crippen LogP contribution in [-0.4, -0.2) is 30.8 Å². The third-order valence-corrected chi connectivity index (χ3v) is 8.21. The van der Waals surface area contributed by atoms with Crippen LogP contribution in [0.4, 0.5) is 5.69 Å². The van der Waals surface area contributed by atoms with E-state index < -0.39 is 0 Å². The van der Waals surface area contributed by atoms with E-state index in [1.165, 1.54) is 23.2 Å². The molecule has 2 bridgehead atoms. The maximum atomic E-state index is 11.0. The van der Waals surface area contributed by atoms with E-state index in [1.54, 1.807) is 0 Å². The molecule has 2 nitrogen and oxygen atoms in total. The van der Waals surface area contributed by atoms with Crippen LogP contribution < -0.4 is 4.48 Å². The summed E-state index contributed by atoms with van der Waals surface area (Å²) in [5.41, 5.74) is 4.11. The molecule has 2 heteroatoms. The van der Waals surface area contributed by atoms with Gasteiger partial charge in [0.05, 0.1) is 25.7 Å². The molecular formula is C23H36NO+. The first-order chi connectivity index (χ1) is 11.8. The summed E-state index contributed by atoms with van der Waals surface area (Å²) in [5, 5.41) is 11.0. The van der Waals surface area contributed by atoms with Crippen LogP contribution in [0.3, 0.4) is 0 Å². The number of quaternary nitrogens is 1. The summed E-state index contributed by atoms with van der Waals surface area (Å²) in [4.78, 5) is 0. The highest BCUT2D eigenvalue weighted by Crippen LogP contribution is 2.67. The summed E-state index contributed by atoms with van der Waals surface area (Å²) < 4.78 is 1.03. The first-order valence-electron chi connectivity index (χ1n) is 10.1. The zero-order chi connectivity index (χ0) is 18.5. The molecule has 0 spiro atoms. The normalized spacial score (nSPS) is 32.5. The first-order valence-corrected chi connectivity index (χ1v) is 10.1. The Morgan fingerprint density at radius 1 is 1.04 bits per heavy atom. The highest BCUT2D eigenvalue weighted by atomic mass is 16.3. The molecule has 0 aliphatic heterocycles. The van der Waals surface area contributed by atoms with Crippen LogP contribution >= 0.6 is 0 Å². The molecule has 2 saturated carbocycles. The number of rotatable bonds is 5. The van der Waals surface area contributed by atoms with E-state index in [0.29, 0.717) is 5.92 Å². The van der Waals surface area contributed by atoms with E-state index in [9.17, 15) is 5.11 Å². The highest BCUT2D eigenvalue weighted by Gasteiger charge is 2.63. The van der Waals surface area contributed by atoms with Crippen molar-refractivity contribution in [2.24, 2.45) is 16.7 Å². The van der Waals surface area contributed by atoms with Gasteiger partial charge in [-0.15, -0.1) is 0 Å². The average molecular weight is 343 g/mol. The minimum Gasteiger partial charge on any atom is -0.388 e. The second-order valence-electron chi connectivity index (χ2n) is 8.96. The van der Waals surface area contributed by atoms with Crippen molar-refractivity contribution < 1.29 is 5.11 Å². The van der Waals surface area contributed by atoms with Crippen molar-refractivity contribution in [3.05, 3.63) is 35.4 Å². The number of benzene rings is 1. The Morgan fingerprint density at radius 3 is 2.04 bits per heavy atom. The lowest BCUT2D eigenvalue weighted by Crippen LogP contribution is -2.48. The Morgan fingerprint density at radius 2 is 1.60 bits per heavy atom. The fourth-order valence-corrected chi connectivity index (χ4v) is 5.63. The molecule has 1 aromatic rings. The quantitative estimate of drug-likeness (QED) is 0.724. The largest absolute Gasteiger partial charge is 0.388 e. The van der Waals surface area contributed by atoms with Crippen molar-refractivity contribution in [1.82, 2.24) is 4.48 Å². The Kier molecular flexibility index (Phi) is 4.66. The zero-order valence-electron chi connectivity index (χ0n) is 17.0. The molecule has 138 valence electrons. The Labute approximate surface area is 154 Å². The molecule has 0 amide bonds. The number of aliphatic hydroxyl groups excluding tert-OH is 1. The van der Waals surface area contributed by atoms with Crippen LogP contribution in [0.2, 0.25) is 0 Å². The Bertz CT molecular complexity index is 645. The molecule has 3 atom stereocenters. The lowest BCUT2D eigenvalue weighted by Gasteiger charge is -2.36. The molecule has 0 radical (unpaired) electrons. The van der Waals surface area contributed by atoms with Crippen molar-refractivity contribution in [3.8, 4) is 0 Å². The lowest BCUT2D eigenvalue weighted by molar-refractivity contribution is 0.0264. The molecule has 0 aromatic heterocycles. The van der Waals surface area contributed by atoms with Crippen LogP contribution in [0.15, 0.2) is 29.8 Å². The van der Waals surface area contributed by atoms with Gasteiger partial charge in [0.25, 0.3) is 0 Å². The summed E-state index contributed by atoms with van der Waals surface area (Å²) in [7, 11) is 0. The van der Waals surface area contributed by atoms with Crippen LogP contribution in [0.1, 0.15) is 59.9 Å². The average Bonchev–Trinajstić information content (AvgIpc) is 2.92. The topological polar surface area (TPSA) is 20.2 Å². The van der Waals surface area contributed by atoms with Gasteiger partial charge in [-0.3, -0.25) is 4.48 Å². The molecule has 0 saturated heterocycles. The monoisotopic (exact) mass is 342 g/mol. The van der Waals surface area contributed by atoms with E-state index in [1.807, 2.05) is 0 Å². The fourth-order valence-electron chi connectivity index (χ4n) is 5.63. The van der Waals surface area contributed by atoms with Gasteiger partial charge in [-0.1, -0.05) is 26.8 Å². The van der Waals surface area contributed by atoms with Gasteiger partial charge in [0.1, 0.15) is 5.69 Å². The third kappa shape index (κ3) is 2.52. The molecule has 2 aliphatic carbocycles. The molecule has 0 heterocycles. The second kappa shape index (κ2) is 6.25. The lowest BCUT2D eigenvalue weighted by atomic mass is 9.70. The van der Waals surface area contributed by atoms with E-state index in [2.05, 4.69) is 71.9 Å². The molecular weight excluding hydrogens is 306 g/mol. The van der Waals surface area contributed by atoms with Crippen LogP contribution in [-0.2, 0) is 0 Å². The first kappa shape index (κ1) is 18.7. The molecule has 1 aromatic carbocycles. The summed E-state index contributed by atoms with van der Waals surface area (Å²) in [5.74, 6) is 0.518.